The maximum Gasteiger partial charge on any atom is 0.0602 e. The van der Waals surface area contributed by atoms with Gasteiger partial charge in [-0.3, -0.25) is 0 Å². The molecular weight excluding hydrogens is 272 g/mol. The summed E-state index contributed by atoms with van der Waals surface area (Å²) in [6.45, 7) is 3.76. The van der Waals surface area contributed by atoms with Gasteiger partial charge in [0.2, 0.25) is 0 Å². The van der Waals surface area contributed by atoms with Gasteiger partial charge in [0.25, 0.3) is 0 Å². The topological polar surface area (TPSA) is 20.2 Å². The summed E-state index contributed by atoms with van der Waals surface area (Å²) in [7, 11) is 0. The van der Waals surface area contributed by atoms with Gasteiger partial charge in [-0.05, 0) is 50.5 Å². The maximum atomic E-state index is 9.79. The second-order valence-electron chi connectivity index (χ2n) is 4.71. The fourth-order valence-electron chi connectivity index (χ4n) is 1.96. The zero-order valence-corrected chi connectivity index (χ0v) is 11.4. The molecule has 0 bridgehead atoms. The van der Waals surface area contributed by atoms with E-state index in [9.17, 15) is 5.11 Å². The highest BCUT2D eigenvalue weighted by Crippen LogP contribution is 2.41. The van der Waals surface area contributed by atoms with Gasteiger partial charge in [0.1, 0.15) is 0 Å². The standard InChI is InChI=1S/C12H15BrOS/c1-12(2,14)7-10-6-8-5-9(13)3-4-11(8)15-10/h3-5,10,14H,6-7H2,1-2H3. The van der Waals surface area contributed by atoms with Crippen molar-refractivity contribution in [1.82, 2.24) is 0 Å². The normalized spacial score (nSPS) is 20.4. The van der Waals surface area contributed by atoms with Crippen LogP contribution < -0.4 is 0 Å². The van der Waals surface area contributed by atoms with Gasteiger partial charge >= 0.3 is 0 Å². The fourth-order valence-corrected chi connectivity index (χ4v) is 3.92. The number of halogens is 1. The van der Waals surface area contributed by atoms with Crippen LogP contribution in [-0.2, 0) is 6.42 Å². The molecule has 0 aromatic heterocycles. The minimum atomic E-state index is -0.559. The second-order valence-corrected chi connectivity index (χ2v) is 6.97. The lowest BCUT2D eigenvalue weighted by Gasteiger charge is -2.20. The molecule has 1 unspecified atom stereocenters. The van der Waals surface area contributed by atoms with E-state index in [2.05, 4.69) is 34.1 Å². The summed E-state index contributed by atoms with van der Waals surface area (Å²) in [5, 5.41) is 10.3. The van der Waals surface area contributed by atoms with Crippen molar-refractivity contribution in [2.75, 3.05) is 0 Å². The average Bonchev–Trinajstić information content (AvgIpc) is 2.42. The Morgan fingerprint density at radius 1 is 1.53 bits per heavy atom. The van der Waals surface area contributed by atoms with Crippen molar-refractivity contribution in [1.29, 1.82) is 0 Å². The molecule has 1 nitrogen and oxygen atoms in total. The predicted octanol–water partition coefficient (Wildman–Crippen LogP) is 3.63. The van der Waals surface area contributed by atoms with Crippen molar-refractivity contribution in [2.24, 2.45) is 0 Å². The highest BCUT2D eigenvalue weighted by molar-refractivity contribution is 9.10. The number of aliphatic hydroxyl groups is 1. The Kier molecular flexibility index (Phi) is 3.15. The van der Waals surface area contributed by atoms with Crippen LogP contribution in [0.1, 0.15) is 25.8 Å². The molecule has 1 aromatic carbocycles. The van der Waals surface area contributed by atoms with Crippen LogP contribution in [0, 0.1) is 0 Å². The van der Waals surface area contributed by atoms with Gasteiger partial charge in [-0.25, -0.2) is 0 Å². The maximum absolute atomic E-state index is 9.79. The van der Waals surface area contributed by atoms with Crippen molar-refractivity contribution in [3.8, 4) is 0 Å². The predicted molar refractivity (Wildman–Crippen MR) is 68.4 cm³/mol. The molecule has 0 spiro atoms. The molecule has 0 aliphatic carbocycles. The third-order valence-corrected chi connectivity index (χ3v) is 4.30. The van der Waals surface area contributed by atoms with Gasteiger partial charge in [-0.15, -0.1) is 11.8 Å². The molecular formula is C12H15BrOS. The summed E-state index contributed by atoms with van der Waals surface area (Å²) in [6.07, 6.45) is 1.92. The molecule has 3 heteroatoms. The minimum absolute atomic E-state index is 0.522. The van der Waals surface area contributed by atoms with Crippen LogP contribution in [0.3, 0.4) is 0 Å². The van der Waals surface area contributed by atoms with E-state index < -0.39 is 5.60 Å². The lowest BCUT2D eigenvalue weighted by Crippen LogP contribution is -2.24. The monoisotopic (exact) mass is 286 g/mol. The van der Waals surface area contributed by atoms with E-state index in [0.29, 0.717) is 5.25 Å². The van der Waals surface area contributed by atoms with Crippen molar-refractivity contribution in [2.45, 2.75) is 42.4 Å². The van der Waals surface area contributed by atoms with Crippen LogP contribution >= 0.6 is 27.7 Å². The van der Waals surface area contributed by atoms with E-state index >= 15 is 0 Å². The summed E-state index contributed by atoms with van der Waals surface area (Å²) < 4.78 is 1.14. The van der Waals surface area contributed by atoms with Crippen LogP contribution in [-0.4, -0.2) is 16.0 Å². The summed E-state index contributed by atoms with van der Waals surface area (Å²) >= 11 is 5.38. The summed E-state index contributed by atoms with van der Waals surface area (Å²) in [5.41, 5.74) is 0.848. The minimum Gasteiger partial charge on any atom is -0.390 e. The molecule has 2 rings (SSSR count). The van der Waals surface area contributed by atoms with Gasteiger partial charge in [0.15, 0.2) is 0 Å². The number of benzene rings is 1. The molecule has 1 atom stereocenters. The Labute approximate surface area is 103 Å². The zero-order valence-electron chi connectivity index (χ0n) is 8.96. The fraction of sp³-hybridized carbons (Fsp3) is 0.500. The summed E-state index contributed by atoms with van der Waals surface area (Å²) in [4.78, 5) is 1.37. The first-order chi connectivity index (χ1) is 6.94. The van der Waals surface area contributed by atoms with Crippen molar-refractivity contribution < 1.29 is 5.11 Å². The Morgan fingerprint density at radius 2 is 2.27 bits per heavy atom. The second kappa shape index (κ2) is 4.11. The lowest BCUT2D eigenvalue weighted by atomic mass is 9.99. The molecule has 0 fully saturated rings. The highest BCUT2D eigenvalue weighted by Gasteiger charge is 2.27. The average molecular weight is 287 g/mol. The Hall–Kier alpha value is 0.01000. The number of fused-ring (bicyclic) bond motifs is 1. The van der Waals surface area contributed by atoms with Crippen LogP contribution in [0.4, 0.5) is 0 Å². The quantitative estimate of drug-likeness (QED) is 0.896. The molecule has 1 aliphatic rings. The Bertz CT molecular complexity index is 370. The largest absolute Gasteiger partial charge is 0.390 e. The van der Waals surface area contributed by atoms with E-state index in [1.165, 1.54) is 10.5 Å². The first kappa shape index (κ1) is 11.5. The Balaban J connectivity index is 2.09. The molecule has 0 amide bonds. The van der Waals surface area contributed by atoms with E-state index in [1.807, 2.05) is 25.6 Å². The summed E-state index contributed by atoms with van der Waals surface area (Å²) in [6, 6.07) is 6.43. The third kappa shape index (κ3) is 2.99. The molecule has 1 aromatic rings. The van der Waals surface area contributed by atoms with Gasteiger partial charge in [-0.2, -0.15) is 0 Å². The van der Waals surface area contributed by atoms with Gasteiger partial charge < -0.3 is 5.11 Å². The number of thioether (sulfide) groups is 1. The molecule has 1 aliphatic heterocycles. The number of rotatable bonds is 2. The van der Waals surface area contributed by atoms with Crippen LogP contribution in [0.25, 0.3) is 0 Å². The molecule has 0 radical (unpaired) electrons. The smallest absolute Gasteiger partial charge is 0.0602 e. The van der Waals surface area contributed by atoms with E-state index in [0.717, 1.165) is 17.3 Å². The molecule has 1 N–H and O–H groups in total. The number of hydrogen-bond acceptors (Lipinski definition) is 2. The first-order valence-corrected chi connectivity index (χ1v) is 6.79. The van der Waals surface area contributed by atoms with Crippen molar-refractivity contribution >= 4 is 27.7 Å². The van der Waals surface area contributed by atoms with E-state index in [4.69, 9.17) is 0 Å². The molecule has 0 saturated carbocycles. The third-order valence-electron chi connectivity index (χ3n) is 2.49. The highest BCUT2D eigenvalue weighted by atomic mass is 79.9. The van der Waals surface area contributed by atoms with Crippen molar-refractivity contribution in [3.05, 3.63) is 28.2 Å². The SMILES string of the molecule is CC(C)(O)CC1Cc2cc(Br)ccc2S1. The van der Waals surface area contributed by atoms with E-state index in [1.54, 1.807) is 0 Å². The van der Waals surface area contributed by atoms with Gasteiger partial charge in [0, 0.05) is 14.6 Å². The van der Waals surface area contributed by atoms with Gasteiger partial charge in [-0.1, -0.05) is 15.9 Å². The lowest BCUT2D eigenvalue weighted by molar-refractivity contribution is 0.0709. The molecule has 82 valence electrons. The summed E-state index contributed by atoms with van der Waals surface area (Å²) in [5.74, 6) is 0. The van der Waals surface area contributed by atoms with Crippen molar-refractivity contribution in [3.63, 3.8) is 0 Å². The van der Waals surface area contributed by atoms with E-state index in [-0.39, 0.29) is 0 Å². The van der Waals surface area contributed by atoms with Crippen LogP contribution in [0.15, 0.2) is 27.6 Å². The van der Waals surface area contributed by atoms with Crippen LogP contribution in [0.2, 0.25) is 0 Å². The van der Waals surface area contributed by atoms with Gasteiger partial charge in [0.05, 0.1) is 5.60 Å². The molecule has 0 saturated heterocycles. The number of hydrogen-bond donors (Lipinski definition) is 1. The Morgan fingerprint density at radius 3 is 2.93 bits per heavy atom. The first-order valence-electron chi connectivity index (χ1n) is 5.11. The molecule has 15 heavy (non-hydrogen) atoms. The molecule has 1 heterocycles. The van der Waals surface area contributed by atoms with Crippen LogP contribution in [0.5, 0.6) is 0 Å². The zero-order chi connectivity index (χ0) is 11.1.